The maximum absolute atomic E-state index is 13.7. The van der Waals surface area contributed by atoms with Gasteiger partial charge in [-0.2, -0.15) is 0 Å². The summed E-state index contributed by atoms with van der Waals surface area (Å²) in [5.41, 5.74) is 1.77. The molecule has 1 aromatic rings. The van der Waals surface area contributed by atoms with Gasteiger partial charge in [0, 0.05) is 30.2 Å². The normalized spacial score (nSPS) is 27.7. The van der Waals surface area contributed by atoms with E-state index in [1.54, 1.807) is 6.07 Å². The molecular formula is C18H25FN2O2. The predicted molar refractivity (Wildman–Crippen MR) is 86.0 cm³/mol. The summed E-state index contributed by atoms with van der Waals surface area (Å²) < 4.78 is 24.6. The van der Waals surface area contributed by atoms with Crippen LogP contribution in [0, 0.1) is 5.82 Å². The van der Waals surface area contributed by atoms with E-state index in [0.29, 0.717) is 18.7 Å². The fourth-order valence-electron chi connectivity index (χ4n) is 3.97. The number of ether oxygens (including phenoxy) is 2. The maximum atomic E-state index is 13.7. The van der Waals surface area contributed by atoms with Gasteiger partial charge in [-0.15, -0.1) is 0 Å². The van der Waals surface area contributed by atoms with Gasteiger partial charge in [-0.05, 0) is 56.8 Å². The van der Waals surface area contributed by atoms with Gasteiger partial charge in [0.15, 0.2) is 6.79 Å². The smallest absolute Gasteiger partial charge is 0.189 e. The van der Waals surface area contributed by atoms with E-state index in [1.807, 2.05) is 0 Å². The number of likely N-dealkylation sites (tertiary alicyclic amines) is 1. The topological polar surface area (TPSA) is 33.7 Å². The van der Waals surface area contributed by atoms with Crippen molar-refractivity contribution in [2.75, 3.05) is 19.9 Å². The highest BCUT2D eigenvalue weighted by Gasteiger charge is 2.38. The van der Waals surface area contributed by atoms with Crippen molar-refractivity contribution in [3.05, 3.63) is 29.1 Å². The molecule has 1 N–H and O–H groups in total. The molecule has 2 fully saturated rings. The lowest BCUT2D eigenvalue weighted by molar-refractivity contribution is -0.0172. The Labute approximate surface area is 136 Å². The summed E-state index contributed by atoms with van der Waals surface area (Å²) in [6.07, 6.45) is 4.73. The Bertz CT molecular complexity index is 576. The molecule has 3 aliphatic rings. The van der Waals surface area contributed by atoms with E-state index in [-0.39, 0.29) is 12.6 Å². The van der Waals surface area contributed by atoms with Crippen molar-refractivity contribution in [3.63, 3.8) is 0 Å². The highest BCUT2D eigenvalue weighted by atomic mass is 19.1. The van der Waals surface area contributed by atoms with Crippen LogP contribution in [0.2, 0.25) is 0 Å². The molecule has 2 atom stereocenters. The van der Waals surface area contributed by atoms with Crippen molar-refractivity contribution in [3.8, 4) is 5.75 Å². The van der Waals surface area contributed by atoms with Gasteiger partial charge in [0.05, 0.1) is 6.61 Å². The first-order valence-electron chi connectivity index (χ1n) is 8.71. The fourth-order valence-corrected chi connectivity index (χ4v) is 3.97. The van der Waals surface area contributed by atoms with Crippen molar-refractivity contribution in [1.29, 1.82) is 0 Å². The predicted octanol–water partition coefficient (Wildman–Crippen LogP) is 2.45. The number of nitrogens with one attached hydrogen (secondary N) is 1. The molecule has 0 radical (unpaired) electrons. The molecule has 4 rings (SSSR count). The molecule has 2 aliphatic heterocycles. The third-order valence-electron chi connectivity index (χ3n) is 5.22. The first-order chi connectivity index (χ1) is 11.2. The summed E-state index contributed by atoms with van der Waals surface area (Å²) in [5, 5.41) is 3.65. The monoisotopic (exact) mass is 320 g/mol. The maximum Gasteiger partial charge on any atom is 0.189 e. The van der Waals surface area contributed by atoms with E-state index in [0.717, 1.165) is 42.4 Å². The van der Waals surface area contributed by atoms with E-state index < -0.39 is 0 Å². The number of hydrogen-bond acceptors (Lipinski definition) is 4. The minimum absolute atomic E-state index is 0.206. The van der Waals surface area contributed by atoms with Crippen molar-refractivity contribution >= 4 is 0 Å². The summed E-state index contributed by atoms with van der Waals surface area (Å²) in [4.78, 5) is 2.64. The third-order valence-corrected chi connectivity index (χ3v) is 5.22. The minimum atomic E-state index is -0.206. The number of nitrogens with zero attached hydrogens (tertiary/aromatic N) is 1. The van der Waals surface area contributed by atoms with Gasteiger partial charge in [-0.3, -0.25) is 4.90 Å². The number of hydrogen-bond donors (Lipinski definition) is 1. The third kappa shape index (κ3) is 3.37. The van der Waals surface area contributed by atoms with Crippen LogP contribution in [0.5, 0.6) is 5.75 Å². The lowest BCUT2D eigenvalue weighted by Crippen LogP contribution is -2.35. The molecule has 4 nitrogen and oxygen atoms in total. The Morgan fingerprint density at radius 3 is 3.04 bits per heavy atom. The first kappa shape index (κ1) is 15.4. The fraction of sp³-hybridized carbons (Fsp3) is 0.667. The Kier molecular flexibility index (Phi) is 4.26. The SMILES string of the molecule is CC1CC(NCCc2cc(F)cc3c2OCOC3)CN1C1CC1. The van der Waals surface area contributed by atoms with Gasteiger partial charge in [0.25, 0.3) is 0 Å². The molecule has 23 heavy (non-hydrogen) atoms. The highest BCUT2D eigenvalue weighted by Crippen LogP contribution is 2.33. The molecule has 1 aromatic carbocycles. The zero-order valence-electron chi connectivity index (χ0n) is 13.7. The highest BCUT2D eigenvalue weighted by molar-refractivity contribution is 5.42. The average Bonchev–Trinajstić information content (AvgIpc) is 3.31. The quantitative estimate of drug-likeness (QED) is 0.903. The molecule has 126 valence electrons. The van der Waals surface area contributed by atoms with Crippen LogP contribution in [0.4, 0.5) is 4.39 Å². The van der Waals surface area contributed by atoms with Gasteiger partial charge < -0.3 is 14.8 Å². The van der Waals surface area contributed by atoms with Crippen molar-refractivity contribution in [2.45, 2.75) is 57.3 Å². The molecule has 5 heteroatoms. The van der Waals surface area contributed by atoms with E-state index >= 15 is 0 Å². The average molecular weight is 320 g/mol. The van der Waals surface area contributed by atoms with Gasteiger partial charge in [0.2, 0.25) is 0 Å². The molecule has 1 saturated heterocycles. The van der Waals surface area contributed by atoms with Gasteiger partial charge in [-0.25, -0.2) is 4.39 Å². The summed E-state index contributed by atoms with van der Waals surface area (Å²) in [7, 11) is 0. The summed E-state index contributed by atoms with van der Waals surface area (Å²) in [6.45, 7) is 5.03. The summed E-state index contributed by atoms with van der Waals surface area (Å²) >= 11 is 0. The van der Waals surface area contributed by atoms with Crippen LogP contribution in [0.1, 0.15) is 37.3 Å². The van der Waals surface area contributed by atoms with Crippen molar-refractivity contribution < 1.29 is 13.9 Å². The number of fused-ring (bicyclic) bond motifs is 1. The second-order valence-corrected chi connectivity index (χ2v) is 7.08. The van der Waals surface area contributed by atoms with Gasteiger partial charge in [0.1, 0.15) is 11.6 Å². The lowest BCUT2D eigenvalue weighted by atomic mass is 10.0. The van der Waals surface area contributed by atoms with E-state index in [4.69, 9.17) is 9.47 Å². The van der Waals surface area contributed by atoms with Crippen LogP contribution in [0.25, 0.3) is 0 Å². The van der Waals surface area contributed by atoms with E-state index in [9.17, 15) is 4.39 Å². The zero-order valence-corrected chi connectivity index (χ0v) is 13.7. The lowest BCUT2D eigenvalue weighted by Gasteiger charge is -2.21. The molecule has 1 saturated carbocycles. The van der Waals surface area contributed by atoms with Gasteiger partial charge in [-0.1, -0.05) is 0 Å². The second-order valence-electron chi connectivity index (χ2n) is 7.08. The van der Waals surface area contributed by atoms with Crippen molar-refractivity contribution in [1.82, 2.24) is 10.2 Å². The zero-order chi connectivity index (χ0) is 15.8. The Morgan fingerprint density at radius 1 is 1.35 bits per heavy atom. The second kappa shape index (κ2) is 6.38. The Balaban J connectivity index is 1.34. The van der Waals surface area contributed by atoms with E-state index in [2.05, 4.69) is 17.1 Å². The molecule has 0 amide bonds. The molecular weight excluding hydrogens is 295 g/mol. The largest absolute Gasteiger partial charge is 0.467 e. The van der Waals surface area contributed by atoms with Crippen LogP contribution in [0.15, 0.2) is 12.1 Å². The molecule has 0 aromatic heterocycles. The van der Waals surface area contributed by atoms with Gasteiger partial charge >= 0.3 is 0 Å². The molecule has 0 bridgehead atoms. The molecule has 2 heterocycles. The number of halogens is 1. The number of benzene rings is 1. The van der Waals surface area contributed by atoms with Crippen LogP contribution in [0.3, 0.4) is 0 Å². The summed E-state index contributed by atoms with van der Waals surface area (Å²) in [5.74, 6) is 0.612. The molecule has 0 spiro atoms. The van der Waals surface area contributed by atoms with Crippen LogP contribution in [-0.4, -0.2) is 42.9 Å². The Hall–Kier alpha value is -1.17. The standard InChI is InChI=1S/C18H25FN2O2/c1-12-6-16(9-21(12)17-2-3-17)20-5-4-13-7-15(19)8-14-10-22-11-23-18(13)14/h7-8,12,16-17,20H,2-6,9-11H2,1H3. The Morgan fingerprint density at radius 2 is 2.22 bits per heavy atom. The van der Waals surface area contributed by atoms with Crippen LogP contribution >= 0.6 is 0 Å². The molecule has 2 unspecified atom stereocenters. The first-order valence-corrected chi connectivity index (χ1v) is 8.71. The summed E-state index contributed by atoms with van der Waals surface area (Å²) in [6, 6.07) is 5.18. The number of rotatable bonds is 5. The minimum Gasteiger partial charge on any atom is -0.467 e. The van der Waals surface area contributed by atoms with Crippen molar-refractivity contribution in [2.24, 2.45) is 0 Å². The van der Waals surface area contributed by atoms with E-state index in [1.165, 1.54) is 25.3 Å². The van der Waals surface area contributed by atoms with Crippen LogP contribution in [-0.2, 0) is 17.8 Å². The van der Waals surface area contributed by atoms with Crippen LogP contribution < -0.4 is 10.1 Å². The molecule has 1 aliphatic carbocycles.